The molecular weight excluding hydrogens is 258 g/mol. The number of piperidine rings is 1. The maximum absolute atomic E-state index is 11.8. The van der Waals surface area contributed by atoms with Crippen LogP contribution in [0.4, 0.5) is 0 Å². The van der Waals surface area contributed by atoms with Crippen molar-refractivity contribution in [2.75, 3.05) is 13.1 Å². The standard InChI is InChI=1S/C14H19N3O3/c18-13(7-10-3-5-15-6-4-10)17-9-11-1-2-12(14(19)20)16-8-11/h1-2,8,10,15H,3-7,9H2,(H,17,18)(H,19,20). The third-order valence-corrected chi connectivity index (χ3v) is 3.47. The predicted octanol–water partition coefficient (Wildman–Crippen LogP) is 0.786. The van der Waals surface area contributed by atoms with E-state index < -0.39 is 5.97 Å². The van der Waals surface area contributed by atoms with E-state index in [4.69, 9.17) is 5.11 Å². The minimum atomic E-state index is -1.05. The van der Waals surface area contributed by atoms with Crippen LogP contribution in [0.2, 0.25) is 0 Å². The highest BCUT2D eigenvalue weighted by Crippen LogP contribution is 2.15. The average molecular weight is 277 g/mol. The summed E-state index contributed by atoms with van der Waals surface area (Å²) in [7, 11) is 0. The minimum Gasteiger partial charge on any atom is -0.477 e. The Kier molecular flexibility index (Phi) is 5.06. The Morgan fingerprint density at radius 2 is 2.10 bits per heavy atom. The molecule has 0 aromatic carbocycles. The van der Waals surface area contributed by atoms with E-state index in [1.54, 1.807) is 6.07 Å². The molecule has 6 heteroatoms. The van der Waals surface area contributed by atoms with Crippen LogP contribution in [-0.4, -0.2) is 35.1 Å². The molecule has 0 bridgehead atoms. The van der Waals surface area contributed by atoms with Crippen molar-refractivity contribution in [3.8, 4) is 0 Å². The Hall–Kier alpha value is -1.95. The van der Waals surface area contributed by atoms with Crippen LogP contribution >= 0.6 is 0 Å². The van der Waals surface area contributed by atoms with E-state index in [-0.39, 0.29) is 11.6 Å². The van der Waals surface area contributed by atoms with Crippen molar-refractivity contribution in [3.05, 3.63) is 29.6 Å². The Balaban J connectivity index is 1.76. The van der Waals surface area contributed by atoms with Gasteiger partial charge in [-0.25, -0.2) is 9.78 Å². The highest BCUT2D eigenvalue weighted by Gasteiger charge is 2.16. The summed E-state index contributed by atoms with van der Waals surface area (Å²) in [6, 6.07) is 3.11. The van der Waals surface area contributed by atoms with Gasteiger partial charge in [0.05, 0.1) is 0 Å². The quantitative estimate of drug-likeness (QED) is 0.740. The zero-order valence-electron chi connectivity index (χ0n) is 11.3. The Morgan fingerprint density at radius 1 is 1.35 bits per heavy atom. The van der Waals surface area contributed by atoms with Gasteiger partial charge in [-0.2, -0.15) is 0 Å². The third kappa shape index (κ3) is 4.31. The highest BCUT2D eigenvalue weighted by molar-refractivity contribution is 5.85. The van der Waals surface area contributed by atoms with E-state index in [0.29, 0.717) is 18.9 Å². The number of carboxylic acid groups (broad SMARTS) is 1. The molecule has 0 unspecified atom stereocenters. The number of nitrogens with one attached hydrogen (secondary N) is 2. The largest absolute Gasteiger partial charge is 0.477 e. The van der Waals surface area contributed by atoms with Crippen LogP contribution in [0, 0.1) is 5.92 Å². The fraction of sp³-hybridized carbons (Fsp3) is 0.500. The lowest BCUT2D eigenvalue weighted by molar-refractivity contribution is -0.122. The molecule has 0 aliphatic carbocycles. The summed E-state index contributed by atoms with van der Waals surface area (Å²) in [6.07, 6.45) is 4.13. The van der Waals surface area contributed by atoms with Crippen LogP contribution in [0.1, 0.15) is 35.3 Å². The van der Waals surface area contributed by atoms with Crippen LogP contribution in [0.15, 0.2) is 18.3 Å². The number of hydrogen-bond donors (Lipinski definition) is 3. The lowest BCUT2D eigenvalue weighted by atomic mass is 9.94. The summed E-state index contributed by atoms with van der Waals surface area (Å²) in [6.45, 7) is 2.35. The average Bonchev–Trinajstić information content (AvgIpc) is 2.46. The summed E-state index contributed by atoms with van der Waals surface area (Å²) in [5.74, 6) is -0.547. The molecule has 1 aromatic heterocycles. The first kappa shape index (κ1) is 14.5. The number of rotatable bonds is 5. The van der Waals surface area contributed by atoms with Gasteiger partial charge in [0.25, 0.3) is 0 Å². The first-order chi connectivity index (χ1) is 9.65. The highest BCUT2D eigenvalue weighted by atomic mass is 16.4. The van der Waals surface area contributed by atoms with Crippen LogP contribution in [0.5, 0.6) is 0 Å². The lowest BCUT2D eigenvalue weighted by Crippen LogP contribution is -2.32. The van der Waals surface area contributed by atoms with Gasteiger partial charge in [-0.15, -0.1) is 0 Å². The summed E-state index contributed by atoms with van der Waals surface area (Å²) in [5.41, 5.74) is 0.809. The molecule has 2 rings (SSSR count). The number of carboxylic acids is 1. The molecular formula is C14H19N3O3. The summed E-state index contributed by atoms with van der Waals surface area (Å²) >= 11 is 0. The molecule has 0 spiro atoms. The van der Waals surface area contributed by atoms with Crippen LogP contribution < -0.4 is 10.6 Å². The second kappa shape index (κ2) is 7.00. The zero-order chi connectivity index (χ0) is 14.4. The minimum absolute atomic E-state index is 0.00906. The smallest absolute Gasteiger partial charge is 0.354 e. The molecule has 0 saturated carbocycles. The number of nitrogens with zero attached hydrogens (tertiary/aromatic N) is 1. The lowest BCUT2D eigenvalue weighted by Gasteiger charge is -2.21. The number of carbonyl (C=O) groups excluding carboxylic acids is 1. The Morgan fingerprint density at radius 3 is 2.70 bits per heavy atom. The molecule has 0 atom stereocenters. The van der Waals surface area contributed by atoms with Gasteiger partial charge in [0.1, 0.15) is 5.69 Å². The topological polar surface area (TPSA) is 91.3 Å². The van der Waals surface area contributed by atoms with E-state index in [1.165, 1.54) is 12.3 Å². The van der Waals surface area contributed by atoms with Gasteiger partial charge in [0.2, 0.25) is 5.91 Å². The molecule has 1 fully saturated rings. The summed E-state index contributed by atoms with van der Waals surface area (Å²) in [5, 5.41) is 14.9. The fourth-order valence-corrected chi connectivity index (χ4v) is 2.28. The number of hydrogen-bond acceptors (Lipinski definition) is 4. The second-order valence-corrected chi connectivity index (χ2v) is 5.03. The molecule has 2 heterocycles. The molecule has 1 aromatic rings. The van der Waals surface area contributed by atoms with E-state index in [1.807, 2.05) is 0 Å². The van der Waals surface area contributed by atoms with Crippen molar-refractivity contribution in [1.82, 2.24) is 15.6 Å². The molecule has 20 heavy (non-hydrogen) atoms. The molecule has 108 valence electrons. The molecule has 0 radical (unpaired) electrons. The van der Waals surface area contributed by atoms with Gasteiger partial charge in [0.15, 0.2) is 0 Å². The maximum atomic E-state index is 11.8. The van der Waals surface area contributed by atoms with Gasteiger partial charge in [0, 0.05) is 19.2 Å². The number of amides is 1. The van der Waals surface area contributed by atoms with Gasteiger partial charge in [-0.3, -0.25) is 4.79 Å². The monoisotopic (exact) mass is 277 g/mol. The molecule has 3 N–H and O–H groups in total. The van der Waals surface area contributed by atoms with Crippen LogP contribution in [0.25, 0.3) is 0 Å². The van der Waals surface area contributed by atoms with Crippen molar-refractivity contribution in [2.24, 2.45) is 5.92 Å². The van der Waals surface area contributed by atoms with E-state index in [0.717, 1.165) is 31.5 Å². The van der Waals surface area contributed by atoms with Crippen molar-refractivity contribution in [3.63, 3.8) is 0 Å². The molecule has 1 amide bonds. The zero-order valence-corrected chi connectivity index (χ0v) is 11.3. The van der Waals surface area contributed by atoms with E-state index in [2.05, 4.69) is 15.6 Å². The Labute approximate surface area is 117 Å². The van der Waals surface area contributed by atoms with Crippen molar-refractivity contribution < 1.29 is 14.7 Å². The van der Waals surface area contributed by atoms with E-state index in [9.17, 15) is 9.59 Å². The van der Waals surface area contributed by atoms with Crippen molar-refractivity contribution >= 4 is 11.9 Å². The first-order valence-corrected chi connectivity index (χ1v) is 6.81. The van der Waals surface area contributed by atoms with Crippen molar-refractivity contribution in [2.45, 2.75) is 25.8 Å². The molecule has 1 aliphatic rings. The SMILES string of the molecule is O=C(CC1CCNCC1)NCc1ccc(C(=O)O)nc1. The van der Waals surface area contributed by atoms with Crippen LogP contribution in [0.3, 0.4) is 0 Å². The van der Waals surface area contributed by atoms with E-state index >= 15 is 0 Å². The number of pyridine rings is 1. The maximum Gasteiger partial charge on any atom is 0.354 e. The molecule has 6 nitrogen and oxygen atoms in total. The third-order valence-electron chi connectivity index (χ3n) is 3.47. The number of aromatic nitrogens is 1. The first-order valence-electron chi connectivity index (χ1n) is 6.81. The van der Waals surface area contributed by atoms with Crippen molar-refractivity contribution in [1.29, 1.82) is 0 Å². The van der Waals surface area contributed by atoms with Gasteiger partial charge in [-0.05, 0) is 43.5 Å². The molecule has 1 saturated heterocycles. The van der Waals surface area contributed by atoms with Gasteiger partial charge in [-0.1, -0.05) is 6.07 Å². The molecule has 1 aliphatic heterocycles. The second-order valence-electron chi connectivity index (χ2n) is 5.03. The normalized spacial score (nSPS) is 15.8. The van der Waals surface area contributed by atoms with Crippen LogP contribution in [-0.2, 0) is 11.3 Å². The summed E-state index contributed by atoms with van der Waals surface area (Å²) in [4.78, 5) is 26.3. The summed E-state index contributed by atoms with van der Waals surface area (Å²) < 4.78 is 0. The number of carbonyl (C=O) groups is 2. The fourth-order valence-electron chi connectivity index (χ4n) is 2.28. The van der Waals surface area contributed by atoms with Gasteiger partial charge < -0.3 is 15.7 Å². The Bertz CT molecular complexity index is 467. The number of aromatic carboxylic acids is 1. The predicted molar refractivity (Wildman–Crippen MR) is 73.3 cm³/mol. The van der Waals surface area contributed by atoms with Gasteiger partial charge >= 0.3 is 5.97 Å².